The zero-order valence-electron chi connectivity index (χ0n) is 8.36. The Morgan fingerprint density at radius 1 is 1.31 bits per heavy atom. The molecule has 0 amide bonds. The van der Waals surface area contributed by atoms with Crippen LogP contribution in [0.4, 0.5) is 8.78 Å². The van der Waals surface area contributed by atoms with Crippen molar-refractivity contribution in [2.75, 3.05) is 0 Å². The van der Waals surface area contributed by atoms with E-state index < -0.39 is 6.61 Å². The maximum atomic E-state index is 12.1. The van der Waals surface area contributed by atoms with E-state index in [2.05, 4.69) is 4.74 Å². The van der Waals surface area contributed by atoms with Gasteiger partial charge in [-0.2, -0.15) is 8.78 Å². The van der Waals surface area contributed by atoms with Crippen molar-refractivity contribution in [2.24, 2.45) is 0 Å². The predicted molar refractivity (Wildman–Crippen MR) is 52.8 cm³/mol. The first-order valence-corrected chi connectivity index (χ1v) is 4.64. The second-order valence-corrected chi connectivity index (χ2v) is 3.07. The number of aryl methyl sites for hydroxylation is 1. The van der Waals surface area contributed by atoms with E-state index in [0.29, 0.717) is 24.6 Å². The Hall–Kier alpha value is -1.78. The first-order chi connectivity index (χ1) is 7.67. The van der Waals surface area contributed by atoms with E-state index >= 15 is 0 Å². The summed E-state index contributed by atoms with van der Waals surface area (Å²) in [6, 6.07) is 4.23. The van der Waals surface area contributed by atoms with Gasteiger partial charge in [-0.15, -0.1) is 0 Å². The third-order valence-electron chi connectivity index (χ3n) is 1.97. The number of hydrogen-bond donors (Lipinski definition) is 0. The molecule has 0 atom stereocenters. The molecule has 0 heterocycles. The lowest BCUT2D eigenvalue weighted by molar-refractivity contribution is -0.107. The van der Waals surface area contributed by atoms with Gasteiger partial charge in [-0.1, -0.05) is 12.1 Å². The van der Waals surface area contributed by atoms with Crippen molar-refractivity contribution in [3.63, 3.8) is 0 Å². The Labute approximate surface area is 91.0 Å². The van der Waals surface area contributed by atoms with Gasteiger partial charge in [0.2, 0.25) is 0 Å². The molecule has 1 rings (SSSR count). The average molecular weight is 228 g/mol. The van der Waals surface area contributed by atoms with Gasteiger partial charge in [0.05, 0.1) is 0 Å². The molecule has 0 saturated carbocycles. The second kappa shape index (κ2) is 5.95. The molecular weight excluding hydrogens is 218 g/mol. The van der Waals surface area contributed by atoms with Crippen LogP contribution < -0.4 is 4.74 Å². The lowest BCUT2D eigenvalue weighted by Gasteiger charge is -2.10. The monoisotopic (exact) mass is 228 g/mol. The van der Waals surface area contributed by atoms with Gasteiger partial charge < -0.3 is 9.53 Å². The SMILES string of the molecule is O=CCCc1ccc(C=O)cc1OC(F)F. The minimum absolute atomic E-state index is 0.0542. The topological polar surface area (TPSA) is 43.4 Å². The Kier molecular flexibility index (Phi) is 4.57. The number of hydrogen-bond acceptors (Lipinski definition) is 3. The molecule has 0 N–H and O–H groups in total. The van der Waals surface area contributed by atoms with E-state index in [0.717, 1.165) is 0 Å². The summed E-state index contributed by atoms with van der Waals surface area (Å²) >= 11 is 0. The Bertz CT molecular complexity index is 377. The van der Waals surface area contributed by atoms with Crippen LogP contribution in [0.2, 0.25) is 0 Å². The average Bonchev–Trinajstić information content (AvgIpc) is 2.26. The molecule has 0 fully saturated rings. The van der Waals surface area contributed by atoms with Gasteiger partial charge in [0.15, 0.2) is 0 Å². The van der Waals surface area contributed by atoms with Crippen LogP contribution in [0.15, 0.2) is 18.2 Å². The van der Waals surface area contributed by atoms with Gasteiger partial charge in [-0.05, 0) is 18.1 Å². The fourth-order valence-electron chi connectivity index (χ4n) is 1.27. The highest BCUT2D eigenvalue weighted by atomic mass is 19.3. The minimum atomic E-state index is -2.95. The molecule has 1 aromatic carbocycles. The summed E-state index contributed by atoms with van der Waals surface area (Å²) in [4.78, 5) is 20.7. The fourth-order valence-corrected chi connectivity index (χ4v) is 1.27. The predicted octanol–water partition coefficient (Wildman–Crippen LogP) is 2.23. The number of benzene rings is 1. The van der Waals surface area contributed by atoms with Gasteiger partial charge in [0.1, 0.15) is 18.3 Å². The third kappa shape index (κ3) is 3.42. The fraction of sp³-hybridized carbons (Fsp3) is 0.273. The molecule has 0 radical (unpaired) electrons. The molecule has 0 aromatic heterocycles. The summed E-state index contributed by atoms with van der Waals surface area (Å²) in [6.07, 6.45) is 1.77. The zero-order valence-corrected chi connectivity index (χ0v) is 8.36. The number of rotatable bonds is 6. The van der Waals surface area contributed by atoms with Crippen LogP contribution in [0.5, 0.6) is 5.75 Å². The summed E-state index contributed by atoms with van der Waals surface area (Å²) < 4.78 is 28.4. The maximum absolute atomic E-state index is 12.1. The largest absolute Gasteiger partial charge is 0.435 e. The van der Waals surface area contributed by atoms with Gasteiger partial charge in [0, 0.05) is 12.0 Å². The van der Waals surface area contributed by atoms with Gasteiger partial charge in [-0.3, -0.25) is 4.79 Å². The summed E-state index contributed by atoms with van der Waals surface area (Å²) in [7, 11) is 0. The second-order valence-electron chi connectivity index (χ2n) is 3.07. The first kappa shape index (κ1) is 12.3. The van der Waals surface area contributed by atoms with Crippen molar-refractivity contribution in [1.82, 2.24) is 0 Å². The molecule has 0 aliphatic heterocycles. The van der Waals surface area contributed by atoms with Crippen LogP contribution >= 0.6 is 0 Å². The van der Waals surface area contributed by atoms with Crippen molar-refractivity contribution in [3.05, 3.63) is 29.3 Å². The molecular formula is C11H10F2O3. The van der Waals surface area contributed by atoms with E-state index in [9.17, 15) is 18.4 Å². The molecule has 0 unspecified atom stereocenters. The first-order valence-electron chi connectivity index (χ1n) is 4.64. The maximum Gasteiger partial charge on any atom is 0.387 e. The van der Waals surface area contributed by atoms with Gasteiger partial charge in [-0.25, -0.2) is 0 Å². The van der Waals surface area contributed by atoms with Gasteiger partial charge in [0.25, 0.3) is 0 Å². The van der Waals surface area contributed by atoms with Crippen molar-refractivity contribution >= 4 is 12.6 Å². The van der Waals surface area contributed by atoms with Crippen LogP contribution in [-0.2, 0) is 11.2 Å². The lowest BCUT2D eigenvalue weighted by atomic mass is 10.1. The normalized spacial score (nSPS) is 10.2. The molecule has 0 aliphatic rings. The van der Waals surface area contributed by atoms with Crippen molar-refractivity contribution < 1.29 is 23.1 Å². The summed E-state index contributed by atoms with van der Waals surface area (Å²) in [5, 5.41) is 0. The minimum Gasteiger partial charge on any atom is -0.435 e. The van der Waals surface area contributed by atoms with E-state index in [4.69, 9.17) is 0 Å². The summed E-state index contributed by atoms with van der Waals surface area (Å²) in [5.41, 5.74) is 0.739. The zero-order chi connectivity index (χ0) is 12.0. The van der Waals surface area contributed by atoms with Crippen molar-refractivity contribution in [1.29, 1.82) is 0 Å². The van der Waals surface area contributed by atoms with Crippen LogP contribution in [0.25, 0.3) is 0 Å². The van der Waals surface area contributed by atoms with Crippen LogP contribution in [0, 0.1) is 0 Å². The number of carbonyl (C=O) groups is 2. The van der Waals surface area contributed by atoms with Crippen LogP contribution in [0.1, 0.15) is 22.3 Å². The Morgan fingerprint density at radius 3 is 2.62 bits per heavy atom. The van der Waals surface area contributed by atoms with E-state index in [1.165, 1.54) is 18.2 Å². The third-order valence-corrected chi connectivity index (χ3v) is 1.97. The molecule has 86 valence electrons. The molecule has 3 nitrogen and oxygen atoms in total. The highest BCUT2D eigenvalue weighted by molar-refractivity contribution is 5.76. The lowest BCUT2D eigenvalue weighted by Crippen LogP contribution is -2.05. The van der Waals surface area contributed by atoms with Crippen molar-refractivity contribution in [3.8, 4) is 5.75 Å². The van der Waals surface area contributed by atoms with E-state index in [-0.39, 0.29) is 17.7 Å². The quantitative estimate of drug-likeness (QED) is 0.701. The molecule has 0 spiro atoms. The standard InChI is InChI=1S/C11H10F2O3/c12-11(13)16-10-6-8(7-15)3-4-9(10)2-1-5-14/h3-7,11H,1-2H2. The molecule has 5 heteroatoms. The highest BCUT2D eigenvalue weighted by Gasteiger charge is 2.10. The van der Waals surface area contributed by atoms with E-state index in [1.54, 1.807) is 0 Å². The Balaban J connectivity index is 2.95. The van der Waals surface area contributed by atoms with Gasteiger partial charge >= 0.3 is 6.61 Å². The number of ether oxygens (including phenoxy) is 1. The molecule has 0 bridgehead atoms. The number of halogens is 2. The highest BCUT2D eigenvalue weighted by Crippen LogP contribution is 2.23. The molecule has 0 saturated heterocycles. The van der Waals surface area contributed by atoms with Crippen molar-refractivity contribution in [2.45, 2.75) is 19.5 Å². The summed E-state index contributed by atoms with van der Waals surface area (Å²) in [5.74, 6) is -0.0542. The smallest absolute Gasteiger partial charge is 0.387 e. The van der Waals surface area contributed by atoms with Crippen LogP contribution in [0.3, 0.4) is 0 Å². The van der Waals surface area contributed by atoms with Crippen LogP contribution in [-0.4, -0.2) is 19.2 Å². The summed E-state index contributed by atoms with van der Waals surface area (Å²) in [6.45, 7) is -2.95. The Morgan fingerprint density at radius 2 is 2.06 bits per heavy atom. The molecule has 0 aliphatic carbocycles. The van der Waals surface area contributed by atoms with E-state index in [1.807, 2.05) is 0 Å². The molecule has 16 heavy (non-hydrogen) atoms. The number of aldehydes is 2. The number of carbonyl (C=O) groups excluding carboxylic acids is 2. The number of alkyl halides is 2. The molecule has 1 aromatic rings.